The molecule has 2 aromatic carbocycles. The molecule has 8 heteroatoms. The fourth-order valence-electron chi connectivity index (χ4n) is 4.41. The summed E-state index contributed by atoms with van der Waals surface area (Å²) in [5.41, 5.74) is 6.65. The summed E-state index contributed by atoms with van der Waals surface area (Å²) in [6, 6.07) is 19.9. The van der Waals surface area contributed by atoms with Gasteiger partial charge < -0.3 is 0 Å². The highest BCUT2D eigenvalue weighted by molar-refractivity contribution is 5.78. The van der Waals surface area contributed by atoms with Gasteiger partial charge in [-0.25, -0.2) is 4.79 Å². The Labute approximate surface area is 203 Å². The van der Waals surface area contributed by atoms with Crippen molar-refractivity contribution >= 4 is 0 Å². The van der Waals surface area contributed by atoms with E-state index in [0.29, 0.717) is 12.4 Å². The topological polar surface area (TPSA) is 94.3 Å². The van der Waals surface area contributed by atoms with Gasteiger partial charge in [0.25, 0.3) is 0 Å². The van der Waals surface area contributed by atoms with Crippen molar-refractivity contribution in [1.29, 1.82) is 0 Å². The fraction of sp³-hybridized carbons (Fsp3) is 0.222. The van der Waals surface area contributed by atoms with Gasteiger partial charge >= 0.3 is 5.69 Å². The summed E-state index contributed by atoms with van der Waals surface area (Å²) in [6.45, 7) is 4.71. The zero-order valence-corrected chi connectivity index (χ0v) is 19.8. The highest BCUT2D eigenvalue weighted by Gasteiger charge is 2.15. The maximum atomic E-state index is 13.5. The molecule has 0 fully saturated rings. The van der Waals surface area contributed by atoms with Gasteiger partial charge in [0.15, 0.2) is 0 Å². The molecule has 0 bridgehead atoms. The van der Waals surface area contributed by atoms with Crippen LogP contribution in [0.2, 0.25) is 0 Å². The van der Waals surface area contributed by atoms with Crippen LogP contribution in [0.1, 0.15) is 37.1 Å². The van der Waals surface area contributed by atoms with E-state index in [4.69, 9.17) is 4.98 Å². The van der Waals surface area contributed by atoms with Gasteiger partial charge in [0.2, 0.25) is 5.82 Å². The summed E-state index contributed by atoms with van der Waals surface area (Å²) in [4.78, 5) is 18.2. The van der Waals surface area contributed by atoms with E-state index in [1.54, 1.807) is 4.57 Å². The van der Waals surface area contributed by atoms with E-state index in [0.717, 1.165) is 58.6 Å². The van der Waals surface area contributed by atoms with Gasteiger partial charge in [-0.2, -0.15) is 5.21 Å². The summed E-state index contributed by atoms with van der Waals surface area (Å²) in [6.07, 6.45) is 6.49. The molecule has 35 heavy (non-hydrogen) atoms. The molecule has 3 aromatic heterocycles. The van der Waals surface area contributed by atoms with Gasteiger partial charge in [0, 0.05) is 29.2 Å². The van der Waals surface area contributed by atoms with Crippen molar-refractivity contribution in [1.82, 2.24) is 34.7 Å². The van der Waals surface area contributed by atoms with Crippen molar-refractivity contribution in [3.63, 3.8) is 0 Å². The van der Waals surface area contributed by atoms with Crippen LogP contribution < -0.4 is 5.69 Å². The Morgan fingerprint density at radius 3 is 2.46 bits per heavy atom. The molecule has 176 valence electrons. The lowest BCUT2D eigenvalue weighted by atomic mass is 10.0. The fourth-order valence-corrected chi connectivity index (χ4v) is 4.41. The van der Waals surface area contributed by atoms with Gasteiger partial charge in [0.05, 0.1) is 17.9 Å². The lowest BCUT2D eigenvalue weighted by Gasteiger charge is -2.09. The molecule has 5 aromatic rings. The zero-order valence-electron chi connectivity index (χ0n) is 19.8. The molecule has 0 aliphatic rings. The summed E-state index contributed by atoms with van der Waals surface area (Å²) < 4.78 is 3.65. The molecule has 0 spiro atoms. The number of aromatic amines is 1. The van der Waals surface area contributed by atoms with Gasteiger partial charge in [-0.1, -0.05) is 68.8 Å². The Balaban J connectivity index is 1.48. The van der Waals surface area contributed by atoms with E-state index in [1.165, 1.54) is 0 Å². The Hall–Kier alpha value is -4.33. The number of imidazole rings is 1. The minimum absolute atomic E-state index is 0.0270. The Kier molecular flexibility index (Phi) is 6.34. The zero-order chi connectivity index (χ0) is 24.2. The van der Waals surface area contributed by atoms with Crippen LogP contribution in [-0.2, 0) is 19.4 Å². The molecule has 0 saturated carbocycles. The average molecular weight is 466 g/mol. The molecule has 0 aliphatic carbocycles. The summed E-state index contributed by atoms with van der Waals surface area (Å²) in [7, 11) is 0. The van der Waals surface area contributed by atoms with Crippen molar-refractivity contribution in [3.05, 3.63) is 100 Å². The molecular formula is C27H27N7O. The molecule has 1 N–H and O–H groups in total. The van der Waals surface area contributed by atoms with Crippen LogP contribution in [0.5, 0.6) is 0 Å². The molecule has 8 nitrogen and oxygen atoms in total. The second kappa shape index (κ2) is 9.89. The van der Waals surface area contributed by atoms with Crippen LogP contribution in [0, 0.1) is 0 Å². The summed E-state index contributed by atoms with van der Waals surface area (Å²) in [5.74, 6) is 0.524. The minimum Gasteiger partial charge on any atom is -0.292 e. The van der Waals surface area contributed by atoms with Gasteiger partial charge in [-0.05, 0) is 41.3 Å². The predicted molar refractivity (Wildman–Crippen MR) is 135 cm³/mol. The number of nitrogens with one attached hydrogen (secondary N) is 1. The molecule has 0 saturated heterocycles. The normalized spacial score (nSPS) is 11.1. The SMILES string of the molecule is CCCc1cn(-c2ccccc2CC)c(=O)n1Cc1ccc(-c2ccccc2-c2nn[nH]n2)nc1. The Bertz CT molecular complexity index is 1480. The highest BCUT2D eigenvalue weighted by atomic mass is 16.1. The number of para-hydroxylation sites is 1. The van der Waals surface area contributed by atoms with E-state index in [2.05, 4.69) is 40.5 Å². The third-order valence-electron chi connectivity index (χ3n) is 6.15. The molecule has 0 atom stereocenters. The molecule has 0 amide bonds. The molecule has 3 heterocycles. The molecule has 0 aliphatic heterocycles. The maximum absolute atomic E-state index is 13.5. The second-order valence-electron chi connectivity index (χ2n) is 8.42. The van der Waals surface area contributed by atoms with Crippen molar-refractivity contribution in [2.75, 3.05) is 0 Å². The van der Waals surface area contributed by atoms with Crippen molar-refractivity contribution in [2.45, 2.75) is 39.7 Å². The van der Waals surface area contributed by atoms with Crippen molar-refractivity contribution in [3.8, 4) is 28.3 Å². The smallest absolute Gasteiger partial charge is 0.292 e. The van der Waals surface area contributed by atoms with Crippen molar-refractivity contribution < 1.29 is 0 Å². The number of benzene rings is 2. The maximum Gasteiger partial charge on any atom is 0.333 e. The lowest BCUT2D eigenvalue weighted by molar-refractivity contribution is 0.689. The van der Waals surface area contributed by atoms with Crippen molar-refractivity contribution in [2.24, 2.45) is 0 Å². The number of pyridine rings is 1. The van der Waals surface area contributed by atoms with E-state index in [-0.39, 0.29) is 5.69 Å². The van der Waals surface area contributed by atoms with Crippen LogP contribution in [0.4, 0.5) is 0 Å². The van der Waals surface area contributed by atoms with E-state index in [1.807, 2.05) is 71.6 Å². The minimum atomic E-state index is -0.0270. The lowest BCUT2D eigenvalue weighted by Crippen LogP contribution is -2.25. The van der Waals surface area contributed by atoms with Crippen LogP contribution >= 0.6 is 0 Å². The Morgan fingerprint density at radius 1 is 0.943 bits per heavy atom. The number of tetrazole rings is 1. The quantitative estimate of drug-likeness (QED) is 0.366. The number of aryl methyl sites for hydroxylation is 2. The molecule has 0 unspecified atom stereocenters. The van der Waals surface area contributed by atoms with Crippen LogP contribution in [-0.4, -0.2) is 34.7 Å². The molecule has 0 radical (unpaired) electrons. The standard InChI is InChI=1S/C27H27N7O/c1-3-9-21-18-34(25-13-8-5-10-20(25)4-2)27(35)33(21)17-19-14-15-24(28-16-19)22-11-6-7-12-23(22)26-29-31-32-30-26/h5-8,10-16,18H,3-4,9,17H2,1-2H3,(H,29,30,31,32). The van der Waals surface area contributed by atoms with E-state index < -0.39 is 0 Å². The largest absolute Gasteiger partial charge is 0.333 e. The Morgan fingerprint density at radius 2 is 1.74 bits per heavy atom. The predicted octanol–water partition coefficient (Wildman–Crippen LogP) is 4.44. The molecule has 5 rings (SSSR count). The number of nitrogens with zero attached hydrogens (tertiary/aromatic N) is 6. The van der Waals surface area contributed by atoms with Crippen LogP contribution in [0.15, 0.2) is 77.9 Å². The number of rotatable bonds is 8. The third-order valence-corrected chi connectivity index (χ3v) is 6.15. The highest BCUT2D eigenvalue weighted by Crippen LogP contribution is 2.28. The number of aromatic nitrogens is 7. The summed E-state index contributed by atoms with van der Waals surface area (Å²) in [5, 5.41) is 14.4. The first kappa shape index (κ1) is 22.5. The molecular weight excluding hydrogens is 438 g/mol. The second-order valence-corrected chi connectivity index (χ2v) is 8.42. The monoisotopic (exact) mass is 465 g/mol. The first-order valence-corrected chi connectivity index (χ1v) is 11.9. The van der Waals surface area contributed by atoms with Gasteiger partial charge in [-0.3, -0.25) is 14.1 Å². The van der Waals surface area contributed by atoms with Gasteiger partial charge in [-0.15, -0.1) is 10.2 Å². The third kappa shape index (κ3) is 4.42. The van der Waals surface area contributed by atoms with Crippen LogP contribution in [0.3, 0.4) is 0 Å². The first-order valence-electron chi connectivity index (χ1n) is 11.9. The number of hydrogen-bond acceptors (Lipinski definition) is 5. The average Bonchev–Trinajstić information content (AvgIpc) is 3.54. The first-order chi connectivity index (χ1) is 17.2. The van der Waals surface area contributed by atoms with E-state index >= 15 is 0 Å². The van der Waals surface area contributed by atoms with E-state index in [9.17, 15) is 4.79 Å². The number of hydrogen-bond donors (Lipinski definition) is 1. The van der Waals surface area contributed by atoms with Crippen LogP contribution in [0.25, 0.3) is 28.3 Å². The number of H-pyrrole nitrogens is 1. The summed E-state index contributed by atoms with van der Waals surface area (Å²) >= 11 is 0. The van der Waals surface area contributed by atoms with Gasteiger partial charge in [0.1, 0.15) is 0 Å².